The Morgan fingerprint density at radius 1 is 1.43 bits per heavy atom. The monoisotopic (exact) mass is 303 g/mol. The van der Waals surface area contributed by atoms with Gasteiger partial charge in [0.1, 0.15) is 5.01 Å². The van der Waals surface area contributed by atoms with Gasteiger partial charge in [0.05, 0.1) is 16.3 Å². The van der Waals surface area contributed by atoms with Crippen LogP contribution in [0.2, 0.25) is 0 Å². The number of rotatable bonds is 6. The van der Waals surface area contributed by atoms with E-state index in [0.29, 0.717) is 12.1 Å². The van der Waals surface area contributed by atoms with Gasteiger partial charge in [-0.1, -0.05) is 19.1 Å². The molecule has 1 fully saturated rings. The smallest absolute Gasteiger partial charge is 0.111 e. The van der Waals surface area contributed by atoms with Crippen LogP contribution in [-0.4, -0.2) is 35.6 Å². The Morgan fingerprint density at radius 3 is 3.00 bits per heavy atom. The second-order valence-corrected chi connectivity index (χ2v) is 7.05. The fourth-order valence-electron chi connectivity index (χ4n) is 3.15. The lowest BCUT2D eigenvalue weighted by Gasteiger charge is -2.30. The number of benzene rings is 1. The van der Waals surface area contributed by atoms with Crippen LogP contribution in [0.4, 0.5) is 0 Å². The number of hydrogen-bond acceptors (Lipinski definition) is 4. The van der Waals surface area contributed by atoms with Crippen LogP contribution in [-0.2, 0) is 0 Å². The molecular formula is C17H25N3S. The molecule has 0 spiro atoms. The first-order valence-corrected chi connectivity index (χ1v) is 8.92. The van der Waals surface area contributed by atoms with Crippen LogP contribution >= 0.6 is 11.3 Å². The Labute approximate surface area is 131 Å². The van der Waals surface area contributed by atoms with Gasteiger partial charge in [-0.3, -0.25) is 4.90 Å². The van der Waals surface area contributed by atoms with Gasteiger partial charge in [-0.25, -0.2) is 4.98 Å². The third kappa shape index (κ3) is 3.44. The lowest BCUT2D eigenvalue weighted by Crippen LogP contribution is -2.39. The maximum atomic E-state index is 4.85. The van der Waals surface area contributed by atoms with Crippen LogP contribution in [0, 0.1) is 0 Å². The van der Waals surface area contributed by atoms with E-state index in [9.17, 15) is 0 Å². The lowest BCUT2D eigenvalue weighted by atomic mass is 10.1. The van der Waals surface area contributed by atoms with Crippen LogP contribution in [0.5, 0.6) is 0 Å². The summed E-state index contributed by atoms with van der Waals surface area (Å²) in [4.78, 5) is 7.44. The van der Waals surface area contributed by atoms with E-state index < -0.39 is 0 Å². The average Bonchev–Trinajstić information content (AvgIpc) is 3.14. The van der Waals surface area contributed by atoms with E-state index >= 15 is 0 Å². The van der Waals surface area contributed by atoms with Gasteiger partial charge in [0.15, 0.2) is 0 Å². The minimum Gasteiger partial charge on any atom is -0.313 e. The molecule has 3 nitrogen and oxygen atoms in total. The topological polar surface area (TPSA) is 28.2 Å². The molecule has 1 aromatic carbocycles. The fraction of sp³-hybridized carbons (Fsp3) is 0.588. The Hall–Kier alpha value is -0.970. The van der Waals surface area contributed by atoms with E-state index in [0.717, 1.165) is 18.6 Å². The van der Waals surface area contributed by atoms with E-state index in [4.69, 9.17) is 4.98 Å². The van der Waals surface area contributed by atoms with Crippen molar-refractivity contribution in [2.75, 3.05) is 19.6 Å². The maximum absolute atomic E-state index is 4.85. The number of para-hydroxylation sites is 1. The first kappa shape index (κ1) is 14.9. The number of hydrogen-bond donors (Lipinski definition) is 1. The zero-order chi connectivity index (χ0) is 14.7. The van der Waals surface area contributed by atoms with Gasteiger partial charge in [-0.2, -0.15) is 0 Å². The molecule has 0 bridgehead atoms. The average molecular weight is 303 g/mol. The quantitative estimate of drug-likeness (QED) is 0.879. The Balaban J connectivity index is 1.76. The molecule has 2 atom stereocenters. The van der Waals surface area contributed by atoms with E-state index in [1.165, 1.54) is 35.5 Å². The van der Waals surface area contributed by atoms with E-state index in [-0.39, 0.29) is 0 Å². The molecular weight excluding hydrogens is 278 g/mol. The molecule has 0 radical (unpaired) electrons. The largest absolute Gasteiger partial charge is 0.313 e. The van der Waals surface area contributed by atoms with Gasteiger partial charge in [-0.15, -0.1) is 11.3 Å². The maximum Gasteiger partial charge on any atom is 0.111 e. The van der Waals surface area contributed by atoms with Crippen molar-refractivity contribution in [1.82, 2.24) is 15.2 Å². The molecule has 1 aromatic heterocycles. The molecule has 1 aliphatic rings. The third-order valence-corrected chi connectivity index (χ3v) is 5.55. The van der Waals surface area contributed by atoms with Gasteiger partial charge in [-0.05, 0) is 51.4 Å². The summed E-state index contributed by atoms with van der Waals surface area (Å²) in [5.41, 5.74) is 1.14. The van der Waals surface area contributed by atoms with Gasteiger partial charge in [0.25, 0.3) is 0 Å². The second-order valence-electron chi connectivity index (χ2n) is 5.98. The second kappa shape index (κ2) is 6.86. The summed E-state index contributed by atoms with van der Waals surface area (Å²) in [5.74, 6) is 0. The van der Waals surface area contributed by atoms with Gasteiger partial charge in [0, 0.05) is 12.6 Å². The van der Waals surface area contributed by atoms with Crippen LogP contribution in [0.15, 0.2) is 24.3 Å². The molecule has 1 aliphatic heterocycles. The summed E-state index contributed by atoms with van der Waals surface area (Å²) in [5, 5.41) is 4.87. The highest BCUT2D eigenvalue weighted by atomic mass is 32.1. The number of nitrogens with zero attached hydrogens (tertiary/aromatic N) is 2. The van der Waals surface area contributed by atoms with Crippen LogP contribution < -0.4 is 5.32 Å². The minimum atomic E-state index is 0.407. The molecule has 21 heavy (non-hydrogen) atoms. The van der Waals surface area contributed by atoms with Crippen molar-refractivity contribution in [3.8, 4) is 0 Å². The zero-order valence-electron chi connectivity index (χ0n) is 13.0. The molecule has 0 amide bonds. The summed E-state index contributed by atoms with van der Waals surface area (Å²) in [6.45, 7) is 8.04. The molecule has 1 saturated heterocycles. The Morgan fingerprint density at radius 2 is 2.29 bits per heavy atom. The van der Waals surface area contributed by atoms with Gasteiger partial charge in [0.2, 0.25) is 0 Å². The molecule has 0 saturated carbocycles. The highest BCUT2D eigenvalue weighted by Crippen LogP contribution is 2.30. The molecule has 2 aromatic rings. The number of aromatic nitrogens is 1. The molecule has 1 N–H and O–H groups in total. The zero-order valence-corrected chi connectivity index (χ0v) is 13.8. The van der Waals surface area contributed by atoms with Crippen molar-refractivity contribution in [1.29, 1.82) is 0 Å². The lowest BCUT2D eigenvalue weighted by molar-refractivity contribution is 0.192. The Bertz CT molecular complexity index is 541. The number of thiazole rings is 1. The highest BCUT2D eigenvalue weighted by Gasteiger charge is 2.23. The molecule has 2 heterocycles. The van der Waals surface area contributed by atoms with Gasteiger partial charge < -0.3 is 5.32 Å². The standard InChI is InChI=1S/C17H25N3S/c1-3-11-20(12-14-7-6-10-18-14)13(2)17-19-15-8-4-5-9-16(15)21-17/h4-5,8-9,13-14,18H,3,6-7,10-12H2,1-2H3. The number of nitrogens with one attached hydrogen (secondary N) is 1. The van der Waals surface area contributed by atoms with Crippen LogP contribution in [0.3, 0.4) is 0 Å². The summed E-state index contributed by atoms with van der Waals surface area (Å²) < 4.78 is 1.30. The molecule has 114 valence electrons. The van der Waals surface area contributed by atoms with Crippen molar-refractivity contribution in [2.45, 2.75) is 45.2 Å². The SMILES string of the molecule is CCCN(CC1CCCN1)C(C)c1nc2ccccc2s1. The van der Waals surface area contributed by atoms with Gasteiger partial charge >= 0.3 is 0 Å². The van der Waals surface area contributed by atoms with Crippen molar-refractivity contribution in [3.63, 3.8) is 0 Å². The summed E-state index contributed by atoms with van der Waals surface area (Å²) in [6.07, 6.45) is 3.83. The van der Waals surface area contributed by atoms with E-state index in [1.54, 1.807) is 0 Å². The fourth-order valence-corrected chi connectivity index (χ4v) is 4.20. The summed E-state index contributed by atoms with van der Waals surface area (Å²) >= 11 is 1.84. The number of fused-ring (bicyclic) bond motifs is 1. The highest BCUT2D eigenvalue weighted by molar-refractivity contribution is 7.18. The van der Waals surface area contributed by atoms with Crippen molar-refractivity contribution < 1.29 is 0 Å². The minimum absolute atomic E-state index is 0.407. The van der Waals surface area contributed by atoms with E-state index in [2.05, 4.69) is 48.3 Å². The molecule has 0 aliphatic carbocycles. The third-order valence-electron chi connectivity index (χ3n) is 4.34. The first-order chi connectivity index (χ1) is 10.3. The molecule has 4 heteroatoms. The van der Waals surface area contributed by atoms with Crippen molar-refractivity contribution in [2.24, 2.45) is 0 Å². The summed E-state index contributed by atoms with van der Waals surface area (Å²) in [6, 6.07) is 9.53. The van der Waals surface area contributed by atoms with Crippen LogP contribution in [0.1, 0.15) is 44.2 Å². The molecule has 2 unspecified atom stereocenters. The Kier molecular flexibility index (Phi) is 4.88. The first-order valence-electron chi connectivity index (χ1n) is 8.11. The van der Waals surface area contributed by atoms with Crippen LogP contribution in [0.25, 0.3) is 10.2 Å². The molecule has 3 rings (SSSR count). The predicted molar refractivity (Wildman–Crippen MR) is 90.9 cm³/mol. The summed E-state index contributed by atoms with van der Waals surface area (Å²) in [7, 11) is 0. The predicted octanol–water partition coefficient (Wildman–Crippen LogP) is 3.82. The normalized spacial score (nSPS) is 20.4. The van der Waals surface area contributed by atoms with E-state index in [1.807, 2.05) is 11.3 Å². The van der Waals surface area contributed by atoms with Crippen molar-refractivity contribution >= 4 is 21.6 Å². The van der Waals surface area contributed by atoms with Crippen molar-refractivity contribution in [3.05, 3.63) is 29.3 Å².